The Morgan fingerprint density at radius 3 is 2.75 bits per heavy atom. The van der Waals surface area contributed by atoms with Gasteiger partial charge in [0.2, 0.25) is 0 Å². The highest BCUT2D eigenvalue weighted by atomic mass is 16.5. The van der Waals surface area contributed by atoms with Gasteiger partial charge in [-0.05, 0) is 37.5 Å². The second-order valence-electron chi connectivity index (χ2n) is 7.65. The van der Waals surface area contributed by atoms with Crippen LogP contribution in [0.3, 0.4) is 0 Å². The van der Waals surface area contributed by atoms with E-state index in [1.54, 1.807) is 11.8 Å². The van der Waals surface area contributed by atoms with Gasteiger partial charge in [0.05, 0.1) is 30.0 Å². The standard InChI is InChI=1S/C20H31N3O5/c1-4-8-28-17(24)11-16(26-3)23-15-12-20(6-9-27-10-7-20)13-21-19(25)18(15)14(5-2)22-23/h16H,4-13H2,1-3H3,(H,21,25). The highest BCUT2D eigenvalue weighted by molar-refractivity contribution is 5.97. The molecule has 8 heteroatoms. The van der Waals surface area contributed by atoms with Crippen molar-refractivity contribution in [2.24, 2.45) is 5.41 Å². The zero-order valence-corrected chi connectivity index (χ0v) is 17.1. The number of hydrogen-bond acceptors (Lipinski definition) is 6. The Labute approximate surface area is 165 Å². The number of amides is 1. The summed E-state index contributed by atoms with van der Waals surface area (Å²) < 4.78 is 18.1. The van der Waals surface area contributed by atoms with Crippen molar-refractivity contribution < 1.29 is 23.8 Å². The third-order valence-electron chi connectivity index (χ3n) is 5.72. The smallest absolute Gasteiger partial charge is 0.310 e. The highest BCUT2D eigenvalue weighted by Gasteiger charge is 2.40. The van der Waals surface area contributed by atoms with Gasteiger partial charge in [-0.1, -0.05) is 13.8 Å². The molecule has 1 N–H and O–H groups in total. The molecule has 0 saturated carbocycles. The van der Waals surface area contributed by atoms with Crippen LogP contribution in [0.1, 0.15) is 67.5 Å². The number of esters is 1. The summed E-state index contributed by atoms with van der Waals surface area (Å²) in [6.07, 6.45) is 3.35. The first-order chi connectivity index (χ1) is 13.5. The molecule has 156 valence electrons. The summed E-state index contributed by atoms with van der Waals surface area (Å²) in [6.45, 7) is 6.33. The van der Waals surface area contributed by atoms with Crippen LogP contribution in [0.4, 0.5) is 0 Å². The van der Waals surface area contributed by atoms with Crippen molar-refractivity contribution in [3.8, 4) is 0 Å². The van der Waals surface area contributed by atoms with Gasteiger partial charge in [-0.25, -0.2) is 4.68 Å². The number of rotatable bonds is 7. The Bertz CT molecular complexity index is 709. The summed E-state index contributed by atoms with van der Waals surface area (Å²) in [4.78, 5) is 25.0. The predicted octanol–water partition coefficient (Wildman–Crippen LogP) is 2.02. The number of aromatic nitrogens is 2. The zero-order valence-electron chi connectivity index (χ0n) is 17.1. The molecule has 1 aromatic heterocycles. The van der Waals surface area contributed by atoms with Gasteiger partial charge < -0.3 is 19.5 Å². The van der Waals surface area contributed by atoms with Crippen molar-refractivity contribution in [3.63, 3.8) is 0 Å². The average Bonchev–Trinajstić information content (AvgIpc) is 3.00. The van der Waals surface area contributed by atoms with Gasteiger partial charge in [-0.15, -0.1) is 0 Å². The quantitative estimate of drug-likeness (QED) is 0.713. The highest BCUT2D eigenvalue weighted by Crippen LogP contribution is 2.38. The Balaban J connectivity index is 1.96. The molecule has 0 aliphatic carbocycles. The molecule has 28 heavy (non-hydrogen) atoms. The van der Waals surface area contributed by atoms with Crippen molar-refractivity contribution in [1.29, 1.82) is 0 Å². The first-order valence-electron chi connectivity index (χ1n) is 10.2. The number of nitrogens with zero attached hydrogens (tertiary/aromatic N) is 2. The van der Waals surface area contributed by atoms with E-state index in [0.717, 1.165) is 30.7 Å². The molecule has 2 aliphatic rings. The van der Waals surface area contributed by atoms with Gasteiger partial charge >= 0.3 is 5.97 Å². The van der Waals surface area contributed by atoms with Gasteiger partial charge in [-0.3, -0.25) is 9.59 Å². The predicted molar refractivity (Wildman–Crippen MR) is 102 cm³/mol. The Morgan fingerprint density at radius 1 is 1.36 bits per heavy atom. The summed E-state index contributed by atoms with van der Waals surface area (Å²) in [5, 5.41) is 7.77. The summed E-state index contributed by atoms with van der Waals surface area (Å²) in [6, 6.07) is 0. The number of fused-ring (bicyclic) bond motifs is 1. The van der Waals surface area contributed by atoms with Crippen LogP contribution in [-0.2, 0) is 31.8 Å². The lowest BCUT2D eigenvalue weighted by atomic mass is 9.76. The number of nitrogens with one attached hydrogen (secondary N) is 1. The van der Waals surface area contributed by atoms with E-state index in [1.165, 1.54) is 0 Å². The van der Waals surface area contributed by atoms with E-state index < -0.39 is 6.23 Å². The van der Waals surface area contributed by atoms with Crippen LogP contribution in [0.5, 0.6) is 0 Å². The second kappa shape index (κ2) is 9.05. The zero-order chi connectivity index (χ0) is 20.1. The van der Waals surface area contributed by atoms with Gasteiger partial charge in [-0.2, -0.15) is 5.10 Å². The first-order valence-corrected chi connectivity index (χ1v) is 10.2. The van der Waals surface area contributed by atoms with Crippen LogP contribution in [0.15, 0.2) is 0 Å². The molecular formula is C20H31N3O5. The lowest BCUT2D eigenvalue weighted by molar-refractivity contribution is -0.148. The summed E-state index contributed by atoms with van der Waals surface area (Å²) in [7, 11) is 1.55. The van der Waals surface area contributed by atoms with Crippen molar-refractivity contribution in [1.82, 2.24) is 15.1 Å². The molecule has 0 radical (unpaired) electrons. The van der Waals surface area contributed by atoms with Gasteiger partial charge in [0, 0.05) is 26.9 Å². The Morgan fingerprint density at radius 2 is 2.11 bits per heavy atom. The first kappa shape index (κ1) is 20.8. The summed E-state index contributed by atoms with van der Waals surface area (Å²) in [5.74, 6) is -0.417. The topological polar surface area (TPSA) is 91.7 Å². The molecule has 3 rings (SSSR count). The minimum absolute atomic E-state index is 0.0526. The fourth-order valence-corrected chi connectivity index (χ4v) is 4.06. The molecule has 1 saturated heterocycles. The molecule has 0 aromatic carbocycles. The van der Waals surface area contributed by atoms with E-state index in [4.69, 9.17) is 14.2 Å². The van der Waals surface area contributed by atoms with E-state index in [9.17, 15) is 9.59 Å². The third kappa shape index (κ3) is 4.22. The molecule has 1 amide bonds. The lowest BCUT2D eigenvalue weighted by Crippen LogP contribution is -2.41. The maximum atomic E-state index is 12.9. The fraction of sp³-hybridized carbons (Fsp3) is 0.750. The van der Waals surface area contributed by atoms with Gasteiger partial charge in [0.15, 0.2) is 6.23 Å². The molecule has 3 heterocycles. The minimum Gasteiger partial charge on any atom is -0.466 e. The Hall–Kier alpha value is -1.93. The van der Waals surface area contributed by atoms with E-state index in [0.29, 0.717) is 44.8 Å². The van der Waals surface area contributed by atoms with E-state index in [-0.39, 0.29) is 23.7 Å². The molecule has 8 nitrogen and oxygen atoms in total. The van der Waals surface area contributed by atoms with E-state index in [1.807, 2.05) is 13.8 Å². The molecule has 0 bridgehead atoms. The van der Waals surface area contributed by atoms with Crippen LogP contribution in [-0.4, -0.2) is 55.1 Å². The third-order valence-corrected chi connectivity index (χ3v) is 5.72. The van der Waals surface area contributed by atoms with Gasteiger partial charge in [0.25, 0.3) is 5.91 Å². The monoisotopic (exact) mass is 393 g/mol. The number of ether oxygens (including phenoxy) is 3. The molecule has 1 unspecified atom stereocenters. The maximum Gasteiger partial charge on any atom is 0.310 e. The van der Waals surface area contributed by atoms with Crippen LogP contribution < -0.4 is 5.32 Å². The van der Waals surface area contributed by atoms with Crippen LogP contribution in [0.2, 0.25) is 0 Å². The van der Waals surface area contributed by atoms with Crippen molar-refractivity contribution in [2.45, 2.75) is 58.6 Å². The second-order valence-corrected chi connectivity index (χ2v) is 7.65. The summed E-state index contributed by atoms with van der Waals surface area (Å²) >= 11 is 0. The SMILES string of the molecule is CCCOC(=O)CC(OC)n1nc(CC)c2c1CC1(CCOCC1)CNC2=O. The number of hydrogen-bond donors (Lipinski definition) is 1. The van der Waals surface area contributed by atoms with Crippen LogP contribution in [0, 0.1) is 5.41 Å². The number of carbonyl (C=O) groups excluding carboxylic acids is 2. The number of methoxy groups -OCH3 is 1. The normalized spacial score (nSPS) is 19.6. The van der Waals surface area contributed by atoms with Gasteiger partial charge in [0.1, 0.15) is 0 Å². The van der Waals surface area contributed by atoms with Crippen molar-refractivity contribution in [3.05, 3.63) is 17.0 Å². The molecular weight excluding hydrogens is 362 g/mol. The summed E-state index contributed by atoms with van der Waals surface area (Å²) in [5.41, 5.74) is 2.17. The largest absolute Gasteiger partial charge is 0.466 e. The Kier molecular flexibility index (Phi) is 6.72. The maximum absolute atomic E-state index is 12.9. The molecule has 2 aliphatic heterocycles. The molecule has 1 fully saturated rings. The van der Waals surface area contributed by atoms with Crippen LogP contribution in [0.25, 0.3) is 0 Å². The average molecular weight is 393 g/mol. The number of aryl methyl sites for hydroxylation is 1. The molecule has 1 spiro atoms. The van der Waals surface area contributed by atoms with E-state index >= 15 is 0 Å². The minimum atomic E-state index is -0.596. The van der Waals surface area contributed by atoms with E-state index in [2.05, 4.69) is 10.4 Å². The van der Waals surface area contributed by atoms with Crippen LogP contribution >= 0.6 is 0 Å². The fourth-order valence-electron chi connectivity index (χ4n) is 4.06. The molecule has 1 atom stereocenters. The van der Waals surface area contributed by atoms with Crippen molar-refractivity contribution >= 4 is 11.9 Å². The lowest BCUT2D eigenvalue weighted by Gasteiger charge is -2.36. The molecule has 1 aromatic rings. The van der Waals surface area contributed by atoms with Crippen molar-refractivity contribution in [2.75, 3.05) is 33.5 Å². The number of carbonyl (C=O) groups is 2.